The Bertz CT molecular complexity index is 675. The average Bonchev–Trinajstić information content (AvgIpc) is 2.72. The third-order valence-corrected chi connectivity index (χ3v) is 3.71. The molecule has 1 aromatic carbocycles. The van der Waals surface area contributed by atoms with Gasteiger partial charge in [-0.3, -0.25) is 4.79 Å². The molecule has 0 bridgehead atoms. The van der Waals surface area contributed by atoms with E-state index in [2.05, 4.69) is 10.2 Å². The van der Waals surface area contributed by atoms with E-state index in [0.717, 1.165) is 22.9 Å². The van der Waals surface area contributed by atoms with Crippen LogP contribution < -0.4 is 5.69 Å². The van der Waals surface area contributed by atoms with E-state index in [1.54, 1.807) is 0 Å². The van der Waals surface area contributed by atoms with Gasteiger partial charge < -0.3 is 5.11 Å². The molecular weight excluding hydrogens is 266 g/mol. The lowest BCUT2D eigenvalue weighted by atomic mass is 10.1. The van der Waals surface area contributed by atoms with Crippen molar-refractivity contribution in [2.75, 3.05) is 5.75 Å². The topological polar surface area (TPSA) is 88.0 Å². The molecule has 100 valence electrons. The third-order valence-electron chi connectivity index (χ3n) is 2.78. The maximum atomic E-state index is 11.8. The quantitative estimate of drug-likeness (QED) is 0.825. The SMILES string of the molecule is Cc1cccc(-n2c(SCC(=O)O)n[nH]c2=O)c1C. The fourth-order valence-electron chi connectivity index (χ4n) is 1.70. The van der Waals surface area contributed by atoms with Crippen LogP contribution in [0, 0.1) is 13.8 Å². The van der Waals surface area contributed by atoms with Crippen molar-refractivity contribution < 1.29 is 9.90 Å². The number of aromatic amines is 1. The molecule has 2 N–H and O–H groups in total. The minimum atomic E-state index is -0.951. The predicted octanol–water partition coefficient (Wildman–Crippen LogP) is 1.35. The van der Waals surface area contributed by atoms with Crippen LogP contribution in [0.4, 0.5) is 0 Å². The van der Waals surface area contributed by atoms with Gasteiger partial charge in [-0.15, -0.1) is 5.10 Å². The largest absolute Gasteiger partial charge is 0.481 e. The molecule has 1 aromatic heterocycles. The van der Waals surface area contributed by atoms with Crippen LogP contribution in [-0.2, 0) is 4.79 Å². The summed E-state index contributed by atoms with van der Waals surface area (Å²) in [6, 6.07) is 5.61. The summed E-state index contributed by atoms with van der Waals surface area (Å²) in [4.78, 5) is 22.4. The van der Waals surface area contributed by atoms with Crippen LogP contribution >= 0.6 is 11.8 Å². The van der Waals surface area contributed by atoms with Gasteiger partial charge in [-0.25, -0.2) is 14.5 Å². The number of aryl methyl sites for hydroxylation is 1. The van der Waals surface area contributed by atoms with E-state index in [1.807, 2.05) is 32.0 Å². The smallest absolute Gasteiger partial charge is 0.348 e. The van der Waals surface area contributed by atoms with Gasteiger partial charge in [-0.1, -0.05) is 23.9 Å². The lowest BCUT2D eigenvalue weighted by Gasteiger charge is -2.09. The number of hydrogen-bond donors (Lipinski definition) is 2. The second-order valence-electron chi connectivity index (χ2n) is 4.05. The minimum Gasteiger partial charge on any atom is -0.481 e. The Labute approximate surface area is 113 Å². The van der Waals surface area contributed by atoms with Gasteiger partial charge in [0.2, 0.25) is 0 Å². The van der Waals surface area contributed by atoms with E-state index in [0.29, 0.717) is 10.8 Å². The molecule has 0 aliphatic rings. The number of rotatable bonds is 4. The van der Waals surface area contributed by atoms with Gasteiger partial charge in [-0.05, 0) is 31.0 Å². The van der Waals surface area contributed by atoms with Gasteiger partial charge in [-0.2, -0.15) is 0 Å². The number of nitrogens with one attached hydrogen (secondary N) is 1. The molecule has 19 heavy (non-hydrogen) atoms. The van der Waals surface area contributed by atoms with Crippen LogP contribution in [0.1, 0.15) is 11.1 Å². The molecule has 0 amide bonds. The van der Waals surface area contributed by atoms with Crippen molar-refractivity contribution in [3.05, 3.63) is 39.8 Å². The monoisotopic (exact) mass is 279 g/mol. The molecule has 0 unspecified atom stereocenters. The van der Waals surface area contributed by atoms with Crippen molar-refractivity contribution in [2.45, 2.75) is 19.0 Å². The highest BCUT2D eigenvalue weighted by Gasteiger charge is 2.14. The van der Waals surface area contributed by atoms with Gasteiger partial charge in [0, 0.05) is 0 Å². The first kappa shape index (κ1) is 13.4. The van der Waals surface area contributed by atoms with E-state index in [-0.39, 0.29) is 11.4 Å². The maximum Gasteiger partial charge on any atom is 0.348 e. The fraction of sp³-hybridized carbons (Fsp3) is 0.250. The van der Waals surface area contributed by atoms with E-state index < -0.39 is 5.97 Å². The van der Waals surface area contributed by atoms with E-state index in [4.69, 9.17) is 5.11 Å². The Hall–Kier alpha value is -2.02. The minimum absolute atomic E-state index is 0.144. The average molecular weight is 279 g/mol. The number of carboxylic acid groups (broad SMARTS) is 1. The van der Waals surface area contributed by atoms with Gasteiger partial charge in [0.05, 0.1) is 11.4 Å². The molecule has 0 aliphatic heterocycles. The predicted molar refractivity (Wildman–Crippen MR) is 72.0 cm³/mol. The van der Waals surface area contributed by atoms with Gasteiger partial charge >= 0.3 is 11.7 Å². The number of carboxylic acids is 1. The number of thioether (sulfide) groups is 1. The summed E-state index contributed by atoms with van der Waals surface area (Å²) in [7, 11) is 0. The maximum absolute atomic E-state index is 11.8. The normalized spacial score (nSPS) is 10.6. The van der Waals surface area contributed by atoms with E-state index >= 15 is 0 Å². The zero-order valence-electron chi connectivity index (χ0n) is 10.5. The summed E-state index contributed by atoms with van der Waals surface area (Å²) >= 11 is 1.01. The van der Waals surface area contributed by atoms with Crippen LogP contribution in [-0.4, -0.2) is 31.6 Å². The Morgan fingerprint density at radius 2 is 2.21 bits per heavy atom. The molecule has 0 atom stereocenters. The first-order valence-corrected chi connectivity index (χ1v) is 6.58. The molecule has 6 nitrogen and oxygen atoms in total. The highest BCUT2D eigenvalue weighted by atomic mass is 32.2. The number of aromatic nitrogens is 3. The Morgan fingerprint density at radius 3 is 2.89 bits per heavy atom. The number of hydrogen-bond acceptors (Lipinski definition) is 4. The van der Waals surface area contributed by atoms with Gasteiger partial charge in [0.15, 0.2) is 5.16 Å². The molecule has 2 aromatic rings. The summed E-state index contributed by atoms with van der Waals surface area (Å²) in [5.74, 6) is -1.09. The molecule has 2 rings (SSSR count). The molecule has 1 heterocycles. The van der Waals surface area contributed by atoms with E-state index in [1.165, 1.54) is 4.57 Å². The van der Waals surface area contributed by atoms with Crippen LogP contribution in [0.25, 0.3) is 5.69 Å². The van der Waals surface area contributed by atoms with Crippen LogP contribution in [0.5, 0.6) is 0 Å². The summed E-state index contributed by atoms with van der Waals surface area (Å²) in [5.41, 5.74) is 2.36. The number of nitrogens with zero attached hydrogens (tertiary/aromatic N) is 2. The van der Waals surface area contributed by atoms with Crippen molar-refractivity contribution in [1.29, 1.82) is 0 Å². The first-order valence-electron chi connectivity index (χ1n) is 5.59. The molecule has 0 radical (unpaired) electrons. The highest BCUT2D eigenvalue weighted by molar-refractivity contribution is 7.99. The Balaban J connectivity index is 2.49. The molecule has 7 heteroatoms. The zero-order valence-corrected chi connectivity index (χ0v) is 11.3. The molecule has 0 aliphatic carbocycles. The number of carbonyl (C=O) groups is 1. The van der Waals surface area contributed by atoms with Crippen molar-refractivity contribution in [2.24, 2.45) is 0 Å². The second-order valence-corrected chi connectivity index (χ2v) is 4.99. The molecular formula is C12H13N3O3S. The van der Waals surface area contributed by atoms with Crippen molar-refractivity contribution in [3.8, 4) is 5.69 Å². The standard InChI is InChI=1S/C12H13N3O3S/c1-7-4-3-5-9(8(7)2)15-11(18)13-14-12(15)19-6-10(16)17/h3-5H,6H2,1-2H3,(H,13,18)(H,16,17). The molecule has 0 saturated heterocycles. The number of H-pyrrole nitrogens is 1. The molecule has 0 spiro atoms. The fourth-order valence-corrected chi connectivity index (χ4v) is 2.37. The summed E-state index contributed by atoms with van der Waals surface area (Å²) in [5, 5.41) is 15.3. The summed E-state index contributed by atoms with van der Waals surface area (Å²) in [6.45, 7) is 3.86. The second kappa shape index (κ2) is 5.31. The summed E-state index contributed by atoms with van der Waals surface area (Å²) < 4.78 is 1.40. The van der Waals surface area contributed by atoms with Crippen LogP contribution in [0.2, 0.25) is 0 Å². The van der Waals surface area contributed by atoms with Crippen LogP contribution in [0.3, 0.4) is 0 Å². The number of aliphatic carboxylic acids is 1. The lowest BCUT2D eigenvalue weighted by Crippen LogP contribution is -2.17. The highest BCUT2D eigenvalue weighted by Crippen LogP contribution is 2.21. The first-order chi connectivity index (χ1) is 9.00. The van der Waals surface area contributed by atoms with Crippen molar-refractivity contribution in [3.63, 3.8) is 0 Å². The van der Waals surface area contributed by atoms with Crippen molar-refractivity contribution in [1.82, 2.24) is 14.8 Å². The molecule has 0 fully saturated rings. The summed E-state index contributed by atoms with van der Waals surface area (Å²) in [6.07, 6.45) is 0. The zero-order chi connectivity index (χ0) is 14.0. The third kappa shape index (κ3) is 2.70. The van der Waals surface area contributed by atoms with E-state index in [9.17, 15) is 9.59 Å². The lowest BCUT2D eigenvalue weighted by molar-refractivity contribution is -0.133. The molecule has 0 saturated carbocycles. The van der Waals surface area contributed by atoms with Gasteiger partial charge in [0.25, 0.3) is 0 Å². The van der Waals surface area contributed by atoms with Crippen molar-refractivity contribution >= 4 is 17.7 Å². The van der Waals surface area contributed by atoms with Crippen LogP contribution in [0.15, 0.2) is 28.2 Å². The Kier molecular flexibility index (Phi) is 3.75. The van der Waals surface area contributed by atoms with Gasteiger partial charge in [0.1, 0.15) is 0 Å². The Morgan fingerprint density at radius 1 is 1.47 bits per heavy atom. The number of benzene rings is 1.